The van der Waals surface area contributed by atoms with Gasteiger partial charge in [-0.1, -0.05) is 6.42 Å². The van der Waals surface area contributed by atoms with E-state index >= 15 is 0 Å². The van der Waals surface area contributed by atoms with E-state index in [2.05, 4.69) is 22.3 Å². The molecule has 0 atom stereocenters. The minimum atomic E-state index is 0.543. The number of hydrogen-bond acceptors (Lipinski definition) is 2. The molecule has 94 valence electrons. The Bertz CT molecular complexity index is 378. The minimum absolute atomic E-state index is 0.543. The van der Waals surface area contributed by atoms with Crippen molar-refractivity contribution in [3.8, 4) is 0 Å². The third-order valence-corrected chi connectivity index (χ3v) is 3.24. The standard InChI is InChI=1S/C12H21N5/c1-2-17-9-11(8-16-17)7-15-12(13)14-6-10-4-3-5-10/h8-10H,2-7H2,1H3,(H3,13,14,15). The highest BCUT2D eigenvalue weighted by molar-refractivity contribution is 5.77. The summed E-state index contributed by atoms with van der Waals surface area (Å²) in [4.78, 5) is 4.30. The quantitative estimate of drug-likeness (QED) is 0.593. The Balaban J connectivity index is 1.74. The van der Waals surface area contributed by atoms with E-state index in [0.29, 0.717) is 12.5 Å². The molecular formula is C12H21N5. The van der Waals surface area contributed by atoms with Crippen LogP contribution >= 0.6 is 0 Å². The Morgan fingerprint density at radius 3 is 3.06 bits per heavy atom. The van der Waals surface area contributed by atoms with Crippen molar-refractivity contribution in [2.24, 2.45) is 16.6 Å². The SMILES string of the molecule is CCn1cc(CN=C(N)NCC2CCC2)cn1. The summed E-state index contributed by atoms with van der Waals surface area (Å²) in [7, 11) is 0. The third kappa shape index (κ3) is 3.47. The van der Waals surface area contributed by atoms with Crippen molar-refractivity contribution in [2.75, 3.05) is 6.54 Å². The van der Waals surface area contributed by atoms with Gasteiger partial charge in [0.15, 0.2) is 5.96 Å². The molecule has 0 bridgehead atoms. The predicted octanol–water partition coefficient (Wildman–Crippen LogP) is 1.11. The van der Waals surface area contributed by atoms with Crippen LogP contribution in [0.5, 0.6) is 0 Å². The first-order chi connectivity index (χ1) is 8.28. The molecular weight excluding hydrogens is 214 g/mol. The Kier molecular flexibility index (Phi) is 4.01. The van der Waals surface area contributed by atoms with E-state index in [-0.39, 0.29) is 0 Å². The summed E-state index contributed by atoms with van der Waals surface area (Å²) in [6.45, 7) is 4.51. The number of aromatic nitrogens is 2. The summed E-state index contributed by atoms with van der Waals surface area (Å²) in [6.07, 6.45) is 7.85. The number of nitrogens with one attached hydrogen (secondary N) is 1. The molecule has 3 N–H and O–H groups in total. The van der Waals surface area contributed by atoms with Crippen molar-refractivity contribution in [3.05, 3.63) is 18.0 Å². The lowest BCUT2D eigenvalue weighted by molar-refractivity contribution is 0.315. The van der Waals surface area contributed by atoms with Crippen molar-refractivity contribution in [1.82, 2.24) is 15.1 Å². The Morgan fingerprint density at radius 1 is 1.65 bits per heavy atom. The van der Waals surface area contributed by atoms with Gasteiger partial charge < -0.3 is 11.1 Å². The molecule has 17 heavy (non-hydrogen) atoms. The van der Waals surface area contributed by atoms with Gasteiger partial charge >= 0.3 is 0 Å². The molecule has 0 radical (unpaired) electrons. The van der Waals surface area contributed by atoms with Gasteiger partial charge in [-0.2, -0.15) is 5.10 Å². The van der Waals surface area contributed by atoms with Crippen LogP contribution in [0.25, 0.3) is 0 Å². The van der Waals surface area contributed by atoms with Gasteiger partial charge in [0.05, 0.1) is 12.7 Å². The van der Waals surface area contributed by atoms with Crippen LogP contribution in [-0.4, -0.2) is 22.3 Å². The van der Waals surface area contributed by atoms with Crippen molar-refractivity contribution in [2.45, 2.75) is 39.3 Å². The van der Waals surface area contributed by atoms with Gasteiger partial charge in [-0.3, -0.25) is 4.68 Å². The first-order valence-electron chi connectivity index (χ1n) is 6.33. The number of aryl methyl sites for hydroxylation is 1. The Morgan fingerprint density at radius 2 is 2.47 bits per heavy atom. The van der Waals surface area contributed by atoms with Gasteiger partial charge in [-0.05, 0) is 25.7 Å². The molecule has 5 heteroatoms. The van der Waals surface area contributed by atoms with Crippen LogP contribution in [0.3, 0.4) is 0 Å². The highest BCUT2D eigenvalue weighted by Crippen LogP contribution is 2.24. The van der Waals surface area contributed by atoms with Crippen molar-refractivity contribution < 1.29 is 0 Å². The van der Waals surface area contributed by atoms with Crippen molar-refractivity contribution in [1.29, 1.82) is 0 Å². The molecule has 0 aliphatic heterocycles. The fourth-order valence-corrected chi connectivity index (χ4v) is 1.84. The van der Waals surface area contributed by atoms with Crippen molar-refractivity contribution >= 4 is 5.96 Å². The maximum Gasteiger partial charge on any atom is 0.188 e. The highest BCUT2D eigenvalue weighted by atomic mass is 15.3. The third-order valence-electron chi connectivity index (χ3n) is 3.24. The maximum atomic E-state index is 5.80. The van der Waals surface area contributed by atoms with Crippen LogP contribution in [0.1, 0.15) is 31.7 Å². The Hall–Kier alpha value is -1.52. The monoisotopic (exact) mass is 235 g/mol. The topological polar surface area (TPSA) is 68.2 Å². The maximum absolute atomic E-state index is 5.80. The predicted molar refractivity (Wildman–Crippen MR) is 68.6 cm³/mol. The summed E-state index contributed by atoms with van der Waals surface area (Å²) >= 11 is 0. The molecule has 0 spiro atoms. The first kappa shape index (κ1) is 12.0. The fraction of sp³-hybridized carbons (Fsp3) is 0.667. The van der Waals surface area contributed by atoms with E-state index in [4.69, 9.17) is 5.73 Å². The van der Waals surface area contributed by atoms with Crippen LogP contribution in [-0.2, 0) is 13.1 Å². The van der Waals surface area contributed by atoms with Gasteiger partial charge in [0, 0.05) is 24.8 Å². The average Bonchev–Trinajstić information content (AvgIpc) is 2.72. The summed E-state index contributed by atoms with van der Waals surface area (Å²) in [5.41, 5.74) is 6.90. The number of nitrogens with zero attached hydrogens (tertiary/aromatic N) is 3. The molecule has 0 saturated heterocycles. The van der Waals surface area contributed by atoms with E-state index in [0.717, 1.165) is 24.6 Å². The number of rotatable bonds is 5. The largest absolute Gasteiger partial charge is 0.370 e. The van der Waals surface area contributed by atoms with Gasteiger partial charge in [0.25, 0.3) is 0 Å². The molecule has 1 aliphatic carbocycles. The summed E-state index contributed by atoms with van der Waals surface area (Å²) in [5, 5.41) is 7.37. The molecule has 1 aromatic heterocycles. The van der Waals surface area contributed by atoms with Gasteiger partial charge in [0.1, 0.15) is 0 Å². The summed E-state index contributed by atoms with van der Waals surface area (Å²) < 4.78 is 1.89. The molecule has 0 aromatic carbocycles. The summed E-state index contributed by atoms with van der Waals surface area (Å²) in [5.74, 6) is 1.34. The van der Waals surface area contributed by atoms with Crippen molar-refractivity contribution in [3.63, 3.8) is 0 Å². The molecule has 0 amide bonds. The number of hydrogen-bond donors (Lipinski definition) is 2. The summed E-state index contributed by atoms with van der Waals surface area (Å²) in [6, 6.07) is 0. The number of guanidine groups is 1. The molecule has 5 nitrogen and oxygen atoms in total. The Labute approximate surface area is 102 Å². The fourth-order valence-electron chi connectivity index (χ4n) is 1.84. The zero-order valence-corrected chi connectivity index (χ0v) is 10.4. The van der Waals surface area contributed by atoms with Crippen LogP contribution in [0, 0.1) is 5.92 Å². The average molecular weight is 235 g/mol. The van der Waals surface area contributed by atoms with Crippen LogP contribution in [0.2, 0.25) is 0 Å². The molecule has 1 aromatic rings. The lowest BCUT2D eigenvalue weighted by Crippen LogP contribution is -2.37. The second-order valence-electron chi connectivity index (χ2n) is 4.58. The number of aliphatic imine (C=N–C) groups is 1. The second-order valence-corrected chi connectivity index (χ2v) is 4.58. The smallest absolute Gasteiger partial charge is 0.188 e. The lowest BCUT2D eigenvalue weighted by atomic mass is 9.85. The van der Waals surface area contributed by atoms with E-state index in [1.165, 1.54) is 19.3 Å². The zero-order chi connectivity index (χ0) is 12.1. The van der Waals surface area contributed by atoms with E-state index in [1.807, 2.05) is 17.1 Å². The molecule has 1 heterocycles. The van der Waals surface area contributed by atoms with Gasteiger partial charge in [-0.25, -0.2) is 4.99 Å². The van der Waals surface area contributed by atoms with Crippen LogP contribution in [0.4, 0.5) is 0 Å². The first-order valence-corrected chi connectivity index (χ1v) is 6.33. The highest BCUT2D eigenvalue weighted by Gasteiger charge is 2.16. The van der Waals surface area contributed by atoms with Crippen LogP contribution < -0.4 is 11.1 Å². The minimum Gasteiger partial charge on any atom is -0.370 e. The van der Waals surface area contributed by atoms with Gasteiger partial charge in [0.2, 0.25) is 0 Å². The zero-order valence-electron chi connectivity index (χ0n) is 10.4. The molecule has 0 unspecified atom stereocenters. The van der Waals surface area contributed by atoms with Crippen LogP contribution in [0.15, 0.2) is 17.4 Å². The molecule has 2 rings (SSSR count). The normalized spacial score (nSPS) is 16.9. The lowest BCUT2D eigenvalue weighted by Gasteiger charge is -2.25. The molecule has 1 aliphatic rings. The number of nitrogens with two attached hydrogens (primary N) is 1. The molecule has 1 saturated carbocycles. The van der Waals surface area contributed by atoms with E-state index < -0.39 is 0 Å². The second kappa shape index (κ2) is 5.70. The van der Waals surface area contributed by atoms with E-state index in [9.17, 15) is 0 Å². The molecule has 1 fully saturated rings. The van der Waals surface area contributed by atoms with E-state index in [1.54, 1.807) is 0 Å². The van der Waals surface area contributed by atoms with Gasteiger partial charge in [-0.15, -0.1) is 0 Å².